The van der Waals surface area contributed by atoms with Crippen LogP contribution in [0, 0.1) is 5.82 Å². The van der Waals surface area contributed by atoms with Gasteiger partial charge in [-0.05, 0) is 24.5 Å². The van der Waals surface area contributed by atoms with E-state index in [1.807, 2.05) is 0 Å². The van der Waals surface area contributed by atoms with Crippen molar-refractivity contribution in [3.05, 3.63) is 35.6 Å². The van der Waals surface area contributed by atoms with Crippen molar-refractivity contribution in [2.24, 2.45) is 0 Å². The van der Waals surface area contributed by atoms with Crippen molar-refractivity contribution in [2.45, 2.75) is 31.7 Å². The number of halogens is 1. The summed E-state index contributed by atoms with van der Waals surface area (Å²) in [6, 6.07) is 5.80. The molecule has 0 saturated heterocycles. The van der Waals surface area contributed by atoms with E-state index in [1.165, 1.54) is 6.07 Å². The van der Waals surface area contributed by atoms with Crippen LogP contribution in [0.2, 0.25) is 0 Å². The van der Waals surface area contributed by atoms with E-state index < -0.39 is 0 Å². The van der Waals surface area contributed by atoms with Gasteiger partial charge >= 0.3 is 0 Å². The van der Waals surface area contributed by atoms with Gasteiger partial charge < -0.3 is 5.32 Å². The van der Waals surface area contributed by atoms with E-state index in [1.54, 1.807) is 18.2 Å². The Morgan fingerprint density at radius 3 is 2.82 bits per heavy atom. The van der Waals surface area contributed by atoms with Crippen molar-refractivity contribution in [3.8, 4) is 0 Å². The van der Waals surface area contributed by atoms with Gasteiger partial charge in [0.25, 0.3) is 0 Å². The standard InChI is InChI=1S/C13H14FNO2/c14-10-5-2-1-4-9(10)8-13(17)15-11-6-3-7-12(11)16/h1-2,4-5,11H,3,6-8H2,(H,15,17). The van der Waals surface area contributed by atoms with E-state index in [0.29, 0.717) is 18.4 Å². The molecule has 1 aliphatic carbocycles. The molecule has 2 rings (SSSR count). The molecule has 1 saturated carbocycles. The topological polar surface area (TPSA) is 46.2 Å². The maximum Gasteiger partial charge on any atom is 0.225 e. The number of Topliss-reactive ketones (excluding diaryl/α,β-unsaturated/α-hetero) is 1. The van der Waals surface area contributed by atoms with Crippen molar-refractivity contribution in [3.63, 3.8) is 0 Å². The molecule has 0 bridgehead atoms. The number of benzene rings is 1. The summed E-state index contributed by atoms with van der Waals surface area (Å²) in [4.78, 5) is 23.0. The van der Waals surface area contributed by atoms with Gasteiger partial charge in [0.2, 0.25) is 5.91 Å². The Morgan fingerprint density at radius 1 is 1.41 bits per heavy atom. The van der Waals surface area contributed by atoms with E-state index in [2.05, 4.69) is 5.32 Å². The second-order valence-corrected chi connectivity index (χ2v) is 4.25. The van der Waals surface area contributed by atoms with Crippen LogP contribution in [0.5, 0.6) is 0 Å². The molecular formula is C13H14FNO2. The third-order valence-electron chi connectivity index (χ3n) is 2.95. The van der Waals surface area contributed by atoms with Gasteiger partial charge in [-0.25, -0.2) is 4.39 Å². The summed E-state index contributed by atoms with van der Waals surface area (Å²) in [5.41, 5.74) is 0.357. The fourth-order valence-electron chi connectivity index (χ4n) is 2.03. The molecule has 0 aromatic heterocycles. The molecule has 1 atom stereocenters. The minimum absolute atomic E-state index is 0.0174. The second kappa shape index (κ2) is 5.08. The highest BCUT2D eigenvalue weighted by atomic mass is 19.1. The quantitative estimate of drug-likeness (QED) is 0.865. The molecule has 1 unspecified atom stereocenters. The summed E-state index contributed by atoms with van der Waals surface area (Å²) < 4.78 is 13.3. The average Bonchev–Trinajstić information content (AvgIpc) is 2.68. The number of nitrogens with one attached hydrogen (secondary N) is 1. The predicted molar refractivity (Wildman–Crippen MR) is 60.9 cm³/mol. The van der Waals surface area contributed by atoms with Crippen molar-refractivity contribution in [1.82, 2.24) is 5.32 Å². The first-order valence-electron chi connectivity index (χ1n) is 5.72. The number of ketones is 1. The van der Waals surface area contributed by atoms with Crippen LogP contribution in [0.4, 0.5) is 4.39 Å². The maximum atomic E-state index is 13.3. The molecule has 1 aliphatic rings. The van der Waals surface area contributed by atoms with Gasteiger partial charge in [-0.15, -0.1) is 0 Å². The molecule has 1 amide bonds. The largest absolute Gasteiger partial charge is 0.346 e. The molecule has 0 spiro atoms. The van der Waals surface area contributed by atoms with Crippen molar-refractivity contribution in [2.75, 3.05) is 0 Å². The number of amides is 1. The van der Waals surface area contributed by atoms with Gasteiger partial charge in [0, 0.05) is 6.42 Å². The molecule has 0 aliphatic heterocycles. The Kier molecular flexibility index (Phi) is 3.52. The normalized spacial score (nSPS) is 19.4. The minimum Gasteiger partial charge on any atom is -0.346 e. The van der Waals surface area contributed by atoms with Crippen LogP contribution >= 0.6 is 0 Å². The van der Waals surface area contributed by atoms with Gasteiger partial charge in [0.05, 0.1) is 12.5 Å². The number of hydrogen-bond donors (Lipinski definition) is 1. The second-order valence-electron chi connectivity index (χ2n) is 4.25. The highest BCUT2D eigenvalue weighted by molar-refractivity contribution is 5.91. The van der Waals surface area contributed by atoms with Crippen LogP contribution < -0.4 is 5.32 Å². The summed E-state index contributed by atoms with van der Waals surface area (Å²) in [5.74, 6) is -0.609. The molecule has 1 fully saturated rings. The lowest BCUT2D eigenvalue weighted by Gasteiger charge is -2.10. The molecule has 0 radical (unpaired) electrons. The molecular weight excluding hydrogens is 221 g/mol. The zero-order chi connectivity index (χ0) is 12.3. The fourth-order valence-corrected chi connectivity index (χ4v) is 2.03. The lowest BCUT2D eigenvalue weighted by atomic mass is 10.1. The van der Waals surface area contributed by atoms with Crippen LogP contribution in [-0.2, 0) is 16.0 Å². The Morgan fingerprint density at radius 2 is 2.18 bits per heavy atom. The number of carbonyl (C=O) groups is 2. The fraction of sp³-hybridized carbons (Fsp3) is 0.385. The highest BCUT2D eigenvalue weighted by Gasteiger charge is 2.25. The number of rotatable bonds is 3. The number of hydrogen-bond acceptors (Lipinski definition) is 2. The SMILES string of the molecule is O=C(Cc1ccccc1F)NC1CCCC1=O. The Hall–Kier alpha value is -1.71. The lowest BCUT2D eigenvalue weighted by molar-refractivity contribution is -0.126. The van der Waals surface area contributed by atoms with Gasteiger partial charge in [-0.3, -0.25) is 9.59 Å². The Balaban J connectivity index is 1.93. The highest BCUT2D eigenvalue weighted by Crippen LogP contribution is 2.14. The van der Waals surface area contributed by atoms with Crippen LogP contribution in [-0.4, -0.2) is 17.7 Å². The third kappa shape index (κ3) is 2.90. The minimum atomic E-state index is -0.389. The average molecular weight is 235 g/mol. The van der Waals surface area contributed by atoms with Gasteiger partial charge in [0.1, 0.15) is 5.82 Å². The molecule has 4 heteroatoms. The van der Waals surface area contributed by atoms with E-state index in [4.69, 9.17) is 0 Å². The molecule has 17 heavy (non-hydrogen) atoms. The van der Waals surface area contributed by atoms with Gasteiger partial charge in [0.15, 0.2) is 5.78 Å². The first-order chi connectivity index (χ1) is 8.16. The van der Waals surface area contributed by atoms with Crippen LogP contribution in [0.15, 0.2) is 24.3 Å². The van der Waals surface area contributed by atoms with Crippen LogP contribution in [0.25, 0.3) is 0 Å². The summed E-state index contributed by atoms with van der Waals surface area (Å²) in [5, 5.41) is 2.65. The summed E-state index contributed by atoms with van der Waals surface area (Å²) >= 11 is 0. The molecule has 1 aromatic carbocycles. The molecule has 1 aromatic rings. The maximum absolute atomic E-state index is 13.3. The van der Waals surface area contributed by atoms with Crippen LogP contribution in [0.3, 0.4) is 0 Å². The smallest absolute Gasteiger partial charge is 0.225 e. The zero-order valence-electron chi connectivity index (χ0n) is 9.41. The van der Waals surface area contributed by atoms with E-state index in [9.17, 15) is 14.0 Å². The summed E-state index contributed by atoms with van der Waals surface area (Å²) in [6.07, 6.45) is 2.03. The molecule has 3 nitrogen and oxygen atoms in total. The lowest BCUT2D eigenvalue weighted by Crippen LogP contribution is -2.38. The van der Waals surface area contributed by atoms with Crippen molar-refractivity contribution < 1.29 is 14.0 Å². The van der Waals surface area contributed by atoms with Gasteiger partial charge in [-0.1, -0.05) is 18.2 Å². The monoisotopic (exact) mass is 235 g/mol. The molecule has 90 valence electrons. The van der Waals surface area contributed by atoms with E-state index in [0.717, 1.165) is 6.42 Å². The predicted octanol–water partition coefficient (Wildman–Crippen LogP) is 1.61. The van der Waals surface area contributed by atoms with Crippen molar-refractivity contribution >= 4 is 11.7 Å². The zero-order valence-corrected chi connectivity index (χ0v) is 9.41. The number of carbonyl (C=O) groups excluding carboxylic acids is 2. The summed E-state index contributed by atoms with van der Waals surface area (Å²) in [7, 11) is 0. The Labute approximate surface area is 99.0 Å². The van der Waals surface area contributed by atoms with Gasteiger partial charge in [-0.2, -0.15) is 0 Å². The van der Waals surface area contributed by atoms with Crippen LogP contribution in [0.1, 0.15) is 24.8 Å². The first-order valence-corrected chi connectivity index (χ1v) is 5.72. The molecule has 1 N–H and O–H groups in total. The summed E-state index contributed by atoms with van der Waals surface area (Å²) in [6.45, 7) is 0. The van der Waals surface area contributed by atoms with Crippen molar-refractivity contribution in [1.29, 1.82) is 0 Å². The third-order valence-corrected chi connectivity index (χ3v) is 2.95. The molecule has 0 heterocycles. The van der Waals surface area contributed by atoms with E-state index in [-0.39, 0.29) is 30.0 Å². The Bertz CT molecular complexity index is 445. The first kappa shape index (κ1) is 11.8. The van der Waals surface area contributed by atoms with E-state index >= 15 is 0 Å².